The Morgan fingerprint density at radius 3 is 2.24 bits per heavy atom. The third-order valence-corrected chi connectivity index (χ3v) is 3.72. The third kappa shape index (κ3) is 5.35. The molecule has 0 spiro atoms. The molecule has 0 aliphatic carbocycles. The Labute approximate surface area is 128 Å². The van der Waals surface area contributed by atoms with E-state index in [1.54, 1.807) is 13.2 Å². The number of hydrogen-bond acceptors (Lipinski definition) is 3. The van der Waals surface area contributed by atoms with Crippen molar-refractivity contribution >= 4 is 11.9 Å². The number of allylic oxidation sites excluding steroid dienone is 1. The SMILES string of the molecule is CCN(CC)CC(C)(C)C(=O)C=Cc1ccc(OC)cc1. The topological polar surface area (TPSA) is 29.5 Å². The standard InChI is InChI=1S/C18H27NO2/c1-6-19(7-2)14-18(3,4)17(20)13-10-15-8-11-16(21-5)12-9-15/h8-13H,6-7,14H2,1-5H3. The van der Waals surface area contributed by atoms with Crippen molar-refractivity contribution in [1.82, 2.24) is 4.90 Å². The van der Waals surface area contributed by atoms with Gasteiger partial charge >= 0.3 is 0 Å². The average molecular weight is 289 g/mol. The Hall–Kier alpha value is -1.61. The summed E-state index contributed by atoms with van der Waals surface area (Å²) in [6.07, 6.45) is 3.55. The highest BCUT2D eigenvalue weighted by Gasteiger charge is 2.27. The molecule has 0 aromatic heterocycles. The molecule has 0 atom stereocenters. The largest absolute Gasteiger partial charge is 0.497 e. The molecule has 0 saturated carbocycles. The number of ketones is 1. The van der Waals surface area contributed by atoms with Crippen molar-refractivity contribution in [3.8, 4) is 5.75 Å². The summed E-state index contributed by atoms with van der Waals surface area (Å²) in [4.78, 5) is 14.7. The number of hydrogen-bond donors (Lipinski definition) is 0. The van der Waals surface area contributed by atoms with Gasteiger partial charge in [0.15, 0.2) is 5.78 Å². The first-order chi connectivity index (χ1) is 9.92. The quantitative estimate of drug-likeness (QED) is 0.684. The molecule has 0 unspecified atom stereocenters. The Morgan fingerprint density at radius 1 is 1.19 bits per heavy atom. The molecular weight excluding hydrogens is 262 g/mol. The second kappa shape index (κ2) is 7.99. The van der Waals surface area contributed by atoms with Crippen LogP contribution in [0.15, 0.2) is 30.3 Å². The van der Waals surface area contributed by atoms with Crippen molar-refractivity contribution in [1.29, 1.82) is 0 Å². The molecule has 21 heavy (non-hydrogen) atoms. The molecule has 0 radical (unpaired) electrons. The first-order valence-electron chi connectivity index (χ1n) is 7.51. The molecule has 0 heterocycles. The van der Waals surface area contributed by atoms with E-state index in [9.17, 15) is 4.79 Å². The highest BCUT2D eigenvalue weighted by molar-refractivity contribution is 5.97. The summed E-state index contributed by atoms with van der Waals surface area (Å²) in [5.41, 5.74) is 0.637. The van der Waals surface area contributed by atoms with Crippen LogP contribution in [0.4, 0.5) is 0 Å². The van der Waals surface area contributed by atoms with Crippen LogP contribution in [0.3, 0.4) is 0 Å². The number of rotatable bonds is 8. The van der Waals surface area contributed by atoms with Crippen LogP contribution >= 0.6 is 0 Å². The first kappa shape index (κ1) is 17.4. The second-order valence-electron chi connectivity index (χ2n) is 5.82. The lowest BCUT2D eigenvalue weighted by Crippen LogP contribution is -2.38. The van der Waals surface area contributed by atoms with E-state index in [1.807, 2.05) is 44.2 Å². The van der Waals surface area contributed by atoms with Gasteiger partial charge in [0.1, 0.15) is 5.75 Å². The van der Waals surface area contributed by atoms with Gasteiger partial charge in [-0.05, 0) is 36.9 Å². The molecule has 116 valence electrons. The Bertz CT molecular complexity index is 470. The monoisotopic (exact) mass is 289 g/mol. The molecule has 0 amide bonds. The van der Waals surface area contributed by atoms with Gasteiger partial charge in [-0.3, -0.25) is 4.79 Å². The van der Waals surface area contributed by atoms with Crippen LogP contribution in [-0.4, -0.2) is 37.4 Å². The van der Waals surface area contributed by atoms with Gasteiger partial charge in [-0.2, -0.15) is 0 Å². The van der Waals surface area contributed by atoms with Crippen molar-refractivity contribution in [3.05, 3.63) is 35.9 Å². The van der Waals surface area contributed by atoms with Gasteiger partial charge in [0.2, 0.25) is 0 Å². The summed E-state index contributed by atoms with van der Waals surface area (Å²) in [6.45, 7) is 11.0. The molecule has 0 aliphatic heterocycles. The zero-order valence-electron chi connectivity index (χ0n) is 13.8. The minimum absolute atomic E-state index is 0.158. The molecule has 0 bridgehead atoms. The molecule has 1 rings (SSSR count). The molecule has 1 aromatic carbocycles. The maximum absolute atomic E-state index is 12.4. The summed E-state index contributed by atoms with van der Waals surface area (Å²) in [6, 6.07) is 7.68. The summed E-state index contributed by atoms with van der Waals surface area (Å²) in [5.74, 6) is 0.977. The number of methoxy groups -OCH3 is 1. The Morgan fingerprint density at radius 2 is 1.76 bits per heavy atom. The lowest BCUT2D eigenvalue weighted by Gasteiger charge is -2.29. The van der Waals surface area contributed by atoms with Crippen LogP contribution in [0.5, 0.6) is 5.75 Å². The lowest BCUT2D eigenvalue weighted by atomic mass is 9.87. The van der Waals surface area contributed by atoms with Crippen LogP contribution in [0.1, 0.15) is 33.3 Å². The normalized spacial score (nSPS) is 12.1. The van der Waals surface area contributed by atoms with Crippen molar-refractivity contribution in [2.75, 3.05) is 26.7 Å². The number of carbonyl (C=O) groups is 1. The minimum atomic E-state index is -0.366. The van der Waals surface area contributed by atoms with E-state index in [0.29, 0.717) is 0 Å². The smallest absolute Gasteiger partial charge is 0.162 e. The van der Waals surface area contributed by atoms with Gasteiger partial charge in [0, 0.05) is 12.0 Å². The van der Waals surface area contributed by atoms with Crippen molar-refractivity contribution in [2.45, 2.75) is 27.7 Å². The second-order valence-corrected chi connectivity index (χ2v) is 5.82. The molecular formula is C18H27NO2. The average Bonchev–Trinajstić information content (AvgIpc) is 2.50. The fourth-order valence-electron chi connectivity index (χ4n) is 2.20. The zero-order valence-corrected chi connectivity index (χ0v) is 13.8. The van der Waals surface area contributed by atoms with Crippen molar-refractivity contribution in [3.63, 3.8) is 0 Å². The fourth-order valence-corrected chi connectivity index (χ4v) is 2.20. The van der Waals surface area contributed by atoms with E-state index < -0.39 is 0 Å². The van der Waals surface area contributed by atoms with Crippen LogP contribution < -0.4 is 4.74 Å². The Balaban J connectivity index is 2.71. The summed E-state index contributed by atoms with van der Waals surface area (Å²) < 4.78 is 5.12. The Kier molecular flexibility index (Phi) is 6.63. The van der Waals surface area contributed by atoms with Crippen molar-refractivity contribution in [2.24, 2.45) is 5.41 Å². The molecule has 0 N–H and O–H groups in total. The van der Waals surface area contributed by atoms with E-state index in [0.717, 1.165) is 30.9 Å². The number of nitrogens with zero attached hydrogens (tertiary/aromatic N) is 1. The lowest BCUT2D eigenvalue weighted by molar-refractivity contribution is -0.123. The van der Waals surface area contributed by atoms with Crippen LogP contribution in [0.25, 0.3) is 6.08 Å². The van der Waals surface area contributed by atoms with Gasteiger partial charge in [0.05, 0.1) is 7.11 Å². The molecule has 3 nitrogen and oxygen atoms in total. The molecule has 1 aromatic rings. The highest BCUT2D eigenvalue weighted by Crippen LogP contribution is 2.20. The highest BCUT2D eigenvalue weighted by atomic mass is 16.5. The van der Waals surface area contributed by atoms with E-state index in [1.165, 1.54) is 0 Å². The van der Waals surface area contributed by atoms with E-state index in [2.05, 4.69) is 18.7 Å². The molecule has 0 fully saturated rings. The maximum Gasteiger partial charge on any atom is 0.162 e. The molecule has 3 heteroatoms. The van der Waals surface area contributed by atoms with E-state index in [-0.39, 0.29) is 11.2 Å². The maximum atomic E-state index is 12.4. The van der Waals surface area contributed by atoms with Gasteiger partial charge in [-0.15, -0.1) is 0 Å². The predicted octanol–water partition coefficient (Wildman–Crippen LogP) is 3.65. The van der Waals surface area contributed by atoms with E-state index >= 15 is 0 Å². The van der Waals surface area contributed by atoms with E-state index in [4.69, 9.17) is 4.74 Å². The predicted molar refractivity (Wildman–Crippen MR) is 88.6 cm³/mol. The summed E-state index contributed by atoms with van der Waals surface area (Å²) in [5, 5.41) is 0. The van der Waals surface area contributed by atoms with Crippen LogP contribution in [0.2, 0.25) is 0 Å². The van der Waals surface area contributed by atoms with Crippen LogP contribution in [-0.2, 0) is 4.79 Å². The van der Waals surface area contributed by atoms with Crippen LogP contribution in [0, 0.1) is 5.41 Å². The molecule has 0 saturated heterocycles. The number of ether oxygens (including phenoxy) is 1. The van der Waals surface area contributed by atoms with Crippen molar-refractivity contribution < 1.29 is 9.53 Å². The summed E-state index contributed by atoms with van der Waals surface area (Å²) in [7, 11) is 1.64. The van der Waals surface area contributed by atoms with Gasteiger partial charge in [0.25, 0.3) is 0 Å². The van der Waals surface area contributed by atoms with Gasteiger partial charge < -0.3 is 9.64 Å². The first-order valence-corrected chi connectivity index (χ1v) is 7.51. The van der Waals surface area contributed by atoms with Gasteiger partial charge in [-0.25, -0.2) is 0 Å². The third-order valence-electron chi connectivity index (χ3n) is 3.72. The molecule has 0 aliphatic rings. The number of benzene rings is 1. The fraction of sp³-hybridized carbons (Fsp3) is 0.500. The van der Waals surface area contributed by atoms with Gasteiger partial charge in [-0.1, -0.05) is 45.9 Å². The zero-order chi connectivity index (χ0) is 15.9. The minimum Gasteiger partial charge on any atom is -0.497 e. The summed E-state index contributed by atoms with van der Waals surface area (Å²) >= 11 is 0. The number of carbonyl (C=O) groups excluding carboxylic acids is 1.